The lowest BCUT2D eigenvalue weighted by Crippen LogP contribution is -2.00. The molecule has 0 atom stereocenters. The monoisotopic (exact) mass is 389 g/mol. The molecule has 0 N–H and O–H groups in total. The van der Waals surface area contributed by atoms with Crippen molar-refractivity contribution in [1.29, 1.82) is 0 Å². The van der Waals surface area contributed by atoms with Gasteiger partial charge in [0.2, 0.25) is 0 Å². The van der Waals surface area contributed by atoms with Gasteiger partial charge in [0.25, 0.3) is 0 Å². The van der Waals surface area contributed by atoms with Gasteiger partial charge in [0.1, 0.15) is 11.5 Å². The maximum Gasteiger partial charge on any atom is 0.337 e. The number of hydrogen-bond acceptors (Lipinski definition) is 6. The molecule has 3 aromatic carbocycles. The Morgan fingerprint density at radius 1 is 0.793 bits per heavy atom. The zero-order chi connectivity index (χ0) is 20.4. The maximum absolute atomic E-state index is 11.8. The van der Waals surface area contributed by atoms with Gasteiger partial charge in [-0.15, -0.1) is 0 Å². The number of carbonyl (C=O) groups excluding carboxylic acids is 1. The molecule has 0 aliphatic heterocycles. The third-order valence-electron chi connectivity index (χ3n) is 4.67. The Morgan fingerprint density at radius 2 is 1.55 bits per heavy atom. The number of pyridine rings is 1. The number of aromatic nitrogens is 1. The van der Waals surface area contributed by atoms with Crippen molar-refractivity contribution in [2.75, 3.05) is 21.3 Å². The Kier molecular flexibility index (Phi) is 4.91. The molecule has 29 heavy (non-hydrogen) atoms. The fourth-order valence-electron chi connectivity index (χ4n) is 3.20. The third kappa shape index (κ3) is 3.52. The zero-order valence-corrected chi connectivity index (χ0v) is 16.3. The Balaban J connectivity index is 1.75. The van der Waals surface area contributed by atoms with Gasteiger partial charge in [-0.2, -0.15) is 0 Å². The van der Waals surface area contributed by atoms with Crippen molar-refractivity contribution in [1.82, 2.24) is 4.98 Å². The number of carbonyl (C=O) groups is 1. The normalized spacial score (nSPS) is 10.7. The number of rotatable bonds is 5. The predicted molar refractivity (Wildman–Crippen MR) is 110 cm³/mol. The molecule has 0 aliphatic rings. The van der Waals surface area contributed by atoms with Gasteiger partial charge in [-0.05, 0) is 47.2 Å². The molecule has 0 fully saturated rings. The van der Waals surface area contributed by atoms with Crippen LogP contribution in [0.25, 0.3) is 21.7 Å². The largest absolute Gasteiger partial charge is 0.493 e. The molecule has 6 heteroatoms. The van der Waals surface area contributed by atoms with E-state index in [-0.39, 0.29) is 5.97 Å². The Bertz CT molecular complexity index is 1220. The molecule has 0 radical (unpaired) electrons. The number of esters is 1. The summed E-state index contributed by atoms with van der Waals surface area (Å²) in [6.45, 7) is 0. The van der Waals surface area contributed by atoms with E-state index in [9.17, 15) is 4.79 Å². The van der Waals surface area contributed by atoms with Crippen LogP contribution >= 0.6 is 0 Å². The molecule has 0 spiro atoms. The van der Waals surface area contributed by atoms with E-state index in [1.165, 1.54) is 7.11 Å². The van der Waals surface area contributed by atoms with Crippen molar-refractivity contribution in [2.45, 2.75) is 0 Å². The molecular formula is C23H19NO5. The van der Waals surface area contributed by atoms with E-state index in [0.29, 0.717) is 28.6 Å². The highest BCUT2D eigenvalue weighted by atomic mass is 16.5. The Morgan fingerprint density at radius 3 is 2.31 bits per heavy atom. The van der Waals surface area contributed by atoms with E-state index in [1.807, 2.05) is 36.4 Å². The van der Waals surface area contributed by atoms with Crippen LogP contribution < -0.4 is 14.2 Å². The van der Waals surface area contributed by atoms with Gasteiger partial charge in [0.15, 0.2) is 11.5 Å². The van der Waals surface area contributed by atoms with Crippen LogP contribution in [0, 0.1) is 0 Å². The zero-order valence-electron chi connectivity index (χ0n) is 16.3. The first-order chi connectivity index (χ1) is 14.1. The topological polar surface area (TPSA) is 66.9 Å². The van der Waals surface area contributed by atoms with Crippen molar-refractivity contribution in [2.24, 2.45) is 0 Å². The van der Waals surface area contributed by atoms with Crippen molar-refractivity contribution in [3.05, 3.63) is 66.4 Å². The molecule has 0 amide bonds. The van der Waals surface area contributed by atoms with Gasteiger partial charge in [0, 0.05) is 17.6 Å². The van der Waals surface area contributed by atoms with Crippen LogP contribution in [-0.2, 0) is 4.74 Å². The lowest BCUT2D eigenvalue weighted by molar-refractivity contribution is 0.0601. The lowest BCUT2D eigenvalue weighted by Gasteiger charge is -2.13. The minimum Gasteiger partial charge on any atom is -0.493 e. The van der Waals surface area contributed by atoms with Crippen LogP contribution in [0.5, 0.6) is 23.0 Å². The second-order valence-electron chi connectivity index (χ2n) is 6.35. The average molecular weight is 389 g/mol. The summed E-state index contributed by atoms with van der Waals surface area (Å²) in [7, 11) is 4.54. The third-order valence-corrected chi connectivity index (χ3v) is 4.67. The molecule has 0 bridgehead atoms. The fraction of sp³-hybridized carbons (Fsp3) is 0.130. The highest BCUT2D eigenvalue weighted by molar-refractivity contribution is 5.96. The summed E-state index contributed by atoms with van der Waals surface area (Å²) in [6.07, 6.45) is 1.68. The number of hydrogen-bond donors (Lipinski definition) is 0. The lowest BCUT2D eigenvalue weighted by atomic mass is 10.1. The number of methoxy groups -OCH3 is 3. The molecule has 0 saturated heterocycles. The highest BCUT2D eigenvalue weighted by Crippen LogP contribution is 2.37. The van der Waals surface area contributed by atoms with Gasteiger partial charge >= 0.3 is 5.97 Å². The molecule has 4 aromatic rings. The predicted octanol–water partition coefficient (Wildman–Crippen LogP) is 4.98. The van der Waals surface area contributed by atoms with Crippen molar-refractivity contribution in [3.8, 4) is 23.0 Å². The van der Waals surface area contributed by atoms with E-state index in [4.69, 9.17) is 18.9 Å². The van der Waals surface area contributed by atoms with Gasteiger partial charge in [-0.25, -0.2) is 4.79 Å². The Labute approximate surface area is 167 Å². The number of nitrogens with zero attached hydrogens (tertiary/aromatic N) is 1. The van der Waals surface area contributed by atoms with E-state index in [1.54, 1.807) is 38.6 Å². The van der Waals surface area contributed by atoms with Crippen molar-refractivity contribution < 1.29 is 23.7 Å². The molecule has 0 saturated carbocycles. The summed E-state index contributed by atoms with van der Waals surface area (Å²) in [4.78, 5) is 16.2. The number of fused-ring (bicyclic) bond motifs is 2. The van der Waals surface area contributed by atoms with Gasteiger partial charge in [-0.1, -0.05) is 12.1 Å². The minimum absolute atomic E-state index is 0.376. The number of ether oxygens (including phenoxy) is 4. The van der Waals surface area contributed by atoms with E-state index < -0.39 is 0 Å². The first-order valence-corrected chi connectivity index (χ1v) is 8.93. The molecule has 0 unspecified atom stereocenters. The van der Waals surface area contributed by atoms with Crippen molar-refractivity contribution >= 4 is 27.6 Å². The van der Waals surface area contributed by atoms with Crippen LogP contribution in [0.4, 0.5) is 0 Å². The summed E-state index contributed by atoms with van der Waals surface area (Å²) >= 11 is 0. The molecule has 1 aromatic heterocycles. The van der Waals surface area contributed by atoms with E-state index in [0.717, 1.165) is 21.7 Å². The van der Waals surface area contributed by atoms with Crippen LogP contribution in [0.2, 0.25) is 0 Å². The molecule has 1 heterocycles. The van der Waals surface area contributed by atoms with Crippen LogP contribution in [0.3, 0.4) is 0 Å². The molecule has 6 nitrogen and oxygen atoms in total. The summed E-state index contributed by atoms with van der Waals surface area (Å²) in [5, 5.41) is 2.67. The van der Waals surface area contributed by atoms with Gasteiger partial charge in [-0.3, -0.25) is 4.98 Å². The smallest absolute Gasteiger partial charge is 0.337 e. The first-order valence-electron chi connectivity index (χ1n) is 8.93. The van der Waals surface area contributed by atoms with Crippen LogP contribution in [-0.4, -0.2) is 32.3 Å². The molecule has 146 valence electrons. The fourth-order valence-corrected chi connectivity index (χ4v) is 3.20. The molecular weight excluding hydrogens is 370 g/mol. The standard InChI is InChI=1S/C23H19NO5/c1-26-21-12-18-19(13-22(21)27-2)24-9-8-20(18)29-17-7-6-14-4-5-15(23(25)28-3)10-16(14)11-17/h4-13H,1-3H3. The maximum atomic E-state index is 11.8. The second kappa shape index (κ2) is 7.67. The summed E-state index contributed by atoms with van der Waals surface area (Å²) in [5.41, 5.74) is 1.22. The van der Waals surface area contributed by atoms with E-state index >= 15 is 0 Å². The summed E-state index contributed by atoms with van der Waals surface area (Å²) < 4.78 is 21.7. The molecule has 0 aliphatic carbocycles. The van der Waals surface area contributed by atoms with E-state index in [2.05, 4.69) is 4.98 Å². The molecule has 4 rings (SSSR count). The minimum atomic E-state index is -0.376. The first kappa shape index (κ1) is 18.6. The average Bonchev–Trinajstić information content (AvgIpc) is 2.77. The van der Waals surface area contributed by atoms with Gasteiger partial charge < -0.3 is 18.9 Å². The summed E-state index contributed by atoms with van der Waals surface area (Å²) in [6, 6.07) is 16.6. The van der Waals surface area contributed by atoms with Gasteiger partial charge in [0.05, 0.1) is 32.4 Å². The second-order valence-corrected chi connectivity index (χ2v) is 6.35. The van der Waals surface area contributed by atoms with Crippen LogP contribution in [0.15, 0.2) is 60.8 Å². The van der Waals surface area contributed by atoms with Crippen molar-refractivity contribution in [3.63, 3.8) is 0 Å². The number of benzene rings is 3. The Hall–Kier alpha value is -3.80. The highest BCUT2D eigenvalue weighted by Gasteiger charge is 2.12. The quantitative estimate of drug-likeness (QED) is 0.448. The summed E-state index contributed by atoms with van der Waals surface area (Å²) in [5.74, 6) is 2.10. The SMILES string of the molecule is COC(=O)c1ccc2ccc(Oc3ccnc4cc(OC)c(OC)cc34)cc2c1. The van der Waals surface area contributed by atoms with Crippen LogP contribution in [0.1, 0.15) is 10.4 Å².